The van der Waals surface area contributed by atoms with Crippen LogP contribution in [0.5, 0.6) is 0 Å². The molecule has 0 saturated heterocycles. The second kappa shape index (κ2) is 22.7. The Kier molecular flexibility index (Phi) is 14.4. The molecule has 12 heteroatoms. The van der Waals surface area contributed by atoms with E-state index in [0.717, 1.165) is 99.2 Å². The molecule has 396 valence electrons. The number of ether oxygens (including phenoxy) is 2. The molecule has 0 saturated carbocycles. The Labute approximate surface area is 464 Å². The molecular weight excluding hydrogens is 991 g/mol. The summed E-state index contributed by atoms with van der Waals surface area (Å²) in [5, 5.41) is 26.7. The van der Waals surface area contributed by atoms with Crippen molar-refractivity contribution in [1.29, 1.82) is 0 Å². The minimum atomic E-state index is -0.627. The quantitative estimate of drug-likeness (QED) is 0.0455. The first kappa shape index (κ1) is 51.0. The number of hydrogen-bond donors (Lipinski definition) is 0. The van der Waals surface area contributed by atoms with Gasteiger partial charge < -0.3 is 23.2 Å². The van der Waals surface area contributed by atoms with E-state index >= 15 is 0 Å². The molecule has 0 spiro atoms. The van der Waals surface area contributed by atoms with Crippen LogP contribution in [0.15, 0.2) is 234 Å². The summed E-state index contributed by atoms with van der Waals surface area (Å²) in [5.74, 6) is -0.370. The minimum Gasteiger partial charge on any atom is -0.458 e. The van der Waals surface area contributed by atoms with Gasteiger partial charge >= 0.3 is 5.97 Å². The van der Waals surface area contributed by atoms with Crippen LogP contribution in [0.1, 0.15) is 23.6 Å². The van der Waals surface area contributed by atoms with Gasteiger partial charge in [-0.05, 0) is 108 Å². The molecule has 0 radical (unpaired) electrons. The topological polar surface area (TPSA) is 97.1 Å². The molecule has 0 aliphatic heterocycles. The number of para-hydroxylation sites is 6. The smallest absolute Gasteiger partial charge is 0.303 e. The highest BCUT2D eigenvalue weighted by molar-refractivity contribution is 6.11. The van der Waals surface area contributed by atoms with Gasteiger partial charge in [-0.25, -0.2) is 0 Å². The molecule has 12 rings (SSSR count). The van der Waals surface area contributed by atoms with E-state index in [1.54, 1.807) is 0 Å². The lowest BCUT2D eigenvalue weighted by molar-refractivity contribution is -0.151. The third kappa shape index (κ3) is 10.6. The zero-order chi connectivity index (χ0) is 54.5. The lowest BCUT2D eigenvalue weighted by atomic mass is 10.1. The largest absolute Gasteiger partial charge is 0.458 e. The summed E-state index contributed by atoms with van der Waals surface area (Å²) >= 11 is 0. The molecular formula is C68H61N9O3. The Morgan fingerprint density at radius 1 is 0.400 bits per heavy atom. The predicted molar refractivity (Wildman–Crippen MR) is 331 cm³/mol. The SMILES string of the molecule is CC(=O)OC(COC(Cn1c2ccccc2c2cc(/C=N/N(C)c3ccccc3)ccc21)Cn1c2ccccc2c2cc(/C=N/N(C)c3ccccc3)ccc21)Cn1c2ccccc2c2cc(/C=N/N(C)c3ccccc3)ccc21. The lowest BCUT2D eigenvalue weighted by Gasteiger charge is -2.25. The number of nitrogens with zero attached hydrogens (tertiary/aromatic N) is 9. The monoisotopic (exact) mass is 1050 g/mol. The van der Waals surface area contributed by atoms with Crippen molar-refractivity contribution in [2.75, 3.05) is 42.8 Å². The van der Waals surface area contributed by atoms with Crippen LogP contribution in [-0.4, -0.2) is 78.3 Å². The molecule has 0 aliphatic rings. The third-order valence-electron chi connectivity index (χ3n) is 14.9. The number of aromatic nitrogens is 3. The van der Waals surface area contributed by atoms with Crippen LogP contribution in [0.4, 0.5) is 17.1 Å². The fraction of sp³-hybridized carbons (Fsp3) is 0.147. The van der Waals surface area contributed by atoms with E-state index in [0.29, 0.717) is 19.6 Å². The molecule has 3 heterocycles. The summed E-state index contributed by atoms with van der Waals surface area (Å²) < 4.78 is 20.6. The number of esters is 1. The van der Waals surface area contributed by atoms with Crippen molar-refractivity contribution in [3.8, 4) is 0 Å². The molecule has 12 nitrogen and oxygen atoms in total. The van der Waals surface area contributed by atoms with Crippen LogP contribution in [0.25, 0.3) is 65.4 Å². The Morgan fingerprint density at radius 2 is 0.700 bits per heavy atom. The summed E-state index contributed by atoms with van der Waals surface area (Å²) in [4.78, 5) is 13.2. The molecule has 0 bridgehead atoms. The maximum atomic E-state index is 13.2. The second-order valence-corrected chi connectivity index (χ2v) is 20.2. The molecule has 9 aromatic carbocycles. The number of carbonyl (C=O) groups is 1. The number of benzene rings is 9. The van der Waals surface area contributed by atoms with E-state index in [-0.39, 0.29) is 12.6 Å². The highest BCUT2D eigenvalue weighted by atomic mass is 16.6. The average Bonchev–Trinajstić information content (AvgIpc) is 4.14. The Balaban J connectivity index is 0.902. The number of hydrazone groups is 3. The van der Waals surface area contributed by atoms with Gasteiger partial charge in [0.2, 0.25) is 0 Å². The molecule has 3 aromatic heterocycles. The standard InChI is InChI=1S/C68H61N9O3/c1-48(78)80-56(46-77-65-31-19-16-28-59(65)62-40-51(34-37-68(62)77)43-71-74(4)54-24-12-7-13-25-54)47-79-55(44-75-63-29-17-14-26-57(63)60-38-49(32-35-66(60)75)41-69-72(2)52-20-8-5-9-21-52)45-76-64-30-18-15-27-58(64)61-39-50(33-36-67(61)76)42-70-73(3)53-22-10-6-11-23-53/h5-43,55-56H,44-47H2,1-4H3/b69-41+,70-42+,71-43+. The Hall–Kier alpha value is -9.78. The van der Waals surface area contributed by atoms with Gasteiger partial charge in [-0.15, -0.1) is 0 Å². The second-order valence-electron chi connectivity index (χ2n) is 20.2. The third-order valence-corrected chi connectivity index (χ3v) is 14.9. The lowest BCUT2D eigenvalue weighted by Crippen LogP contribution is -2.33. The van der Waals surface area contributed by atoms with Gasteiger partial charge in [-0.1, -0.05) is 127 Å². The average molecular weight is 1050 g/mol. The van der Waals surface area contributed by atoms with Crippen molar-refractivity contribution in [3.63, 3.8) is 0 Å². The summed E-state index contributed by atoms with van der Waals surface area (Å²) in [7, 11) is 5.87. The highest BCUT2D eigenvalue weighted by Crippen LogP contribution is 2.35. The van der Waals surface area contributed by atoms with Crippen molar-refractivity contribution in [1.82, 2.24) is 13.7 Å². The Morgan fingerprint density at radius 3 is 1.04 bits per heavy atom. The van der Waals surface area contributed by atoms with E-state index < -0.39 is 12.2 Å². The number of hydrogen-bond acceptors (Lipinski definition) is 9. The number of anilines is 3. The van der Waals surface area contributed by atoms with Crippen LogP contribution in [0, 0.1) is 0 Å². The molecule has 0 fully saturated rings. The van der Waals surface area contributed by atoms with Gasteiger partial charge in [0.25, 0.3) is 0 Å². The first-order valence-electron chi connectivity index (χ1n) is 27.0. The van der Waals surface area contributed by atoms with Gasteiger partial charge in [0, 0.05) is 93.5 Å². The normalized spacial score (nSPS) is 12.5. The van der Waals surface area contributed by atoms with Gasteiger partial charge in [0.15, 0.2) is 0 Å². The maximum absolute atomic E-state index is 13.2. The molecule has 0 amide bonds. The van der Waals surface area contributed by atoms with Crippen LogP contribution in [-0.2, 0) is 33.9 Å². The van der Waals surface area contributed by atoms with E-state index in [9.17, 15) is 4.79 Å². The fourth-order valence-electron chi connectivity index (χ4n) is 11.0. The van der Waals surface area contributed by atoms with Crippen molar-refractivity contribution in [3.05, 3.63) is 235 Å². The molecule has 12 aromatic rings. The summed E-state index contributed by atoms with van der Waals surface area (Å²) in [5.41, 5.74) is 12.4. The van der Waals surface area contributed by atoms with Gasteiger partial charge in [0.1, 0.15) is 6.10 Å². The van der Waals surface area contributed by atoms with Crippen molar-refractivity contribution in [2.24, 2.45) is 15.3 Å². The van der Waals surface area contributed by atoms with Crippen LogP contribution >= 0.6 is 0 Å². The predicted octanol–water partition coefficient (Wildman–Crippen LogP) is 14.1. The molecule has 1 unspecified atom stereocenters. The first-order chi connectivity index (χ1) is 39.2. The summed E-state index contributed by atoms with van der Waals surface area (Å²) in [6.45, 7) is 3.00. The van der Waals surface area contributed by atoms with E-state index in [2.05, 4.69) is 141 Å². The fourth-order valence-corrected chi connectivity index (χ4v) is 11.0. The van der Waals surface area contributed by atoms with Crippen LogP contribution < -0.4 is 15.0 Å². The van der Waals surface area contributed by atoms with Crippen LogP contribution in [0.2, 0.25) is 0 Å². The number of carbonyl (C=O) groups excluding carboxylic acids is 1. The van der Waals surface area contributed by atoms with E-state index in [1.165, 1.54) is 6.92 Å². The first-order valence-corrected chi connectivity index (χ1v) is 27.0. The maximum Gasteiger partial charge on any atom is 0.303 e. The van der Waals surface area contributed by atoms with Gasteiger partial charge in [0.05, 0.1) is 68.1 Å². The number of rotatable bonds is 19. The molecule has 0 N–H and O–H groups in total. The van der Waals surface area contributed by atoms with E-state index in [4.69, 9.17) is 24.8 Å². The van der Waals surface area contributed by atoms with E-state index in [1.807, 2.05) is 146 Å². The zero-order valence-electron chi connectivity index (χ0n) is 45.2. The highest BCUT2D eigenvalue weighted by Gasteiger charge is 2.24. The van der Waals surface area contributed by atoms with Crippen molar-refractivity contribution < 1.29 is 14.3 Å². The van der Waals surface area contributed by atoms with Crippen LogP contribution in [0.3, 0.4) is 0 Å². The van der Waals surface area contributed by atoms with Crippen molar-refractivity contribution >= 4 is 107 Å². The number of fused-ring (bicyclic) bond motifs is 9. The minimum absolute atomic E-state index is 0.147. The zero-order valence-corrected chi connectivity index (χ0v) is 45.2. The molecule has 0 aliphatic carbocycles. The van der Waals surface area contributed by atoms with Gasteiger partial charge in [-0.3, -0.25) is 19.8 Å². The molecule has 80 heavy (non-hydrogen) atoms. The summed E-state index contributed by atoms with van der Waals surface area (Å²) in [6, 6.07) is 75.3. The van der Waals surface area contributed by atoms with Crippen molar-refractivity contribution in [2.45, 2.75) is 38.8 Å². The van der Waals surface area contributed by atoms with Gasteiger partial charge in [-0.2, -0.15) is 15.3 Å². The summed E-state index contributed by atoms with van der Waals surface area (Å²) in [6.07, 6.45) is 4.69. The Bertz CT molecular complexity index is 4080. The molecule has 1 atom stereocenters.